The highest BCUT2D eigenvalue weighted by Crippen LogP contribution is 2.30. The molecule has 3 rings (SSSR count). The summed E-state index contributed by atoms with van der Waals surface area (Å²) in [6.07, 6.45) is 0.684. The number of amides is 1. The summed E-state index contributed by atoms with van der Waals surface area (Å²) in [5.74, 6) is 1.56. The van der Waals surface area contributed by atoms with E-state index in [9.17, 15) is 4.79 Å². The first-order chi connectivity index (χ1) is 13.0. The SMILES string of the molecule is COc1ccc(CCNC(=O)c2oc3c(C)c(C)ccc3c2C)cc1OC. The Bertz CT molecular complexity index is 988. The summed E-state index contributed by atoms with van der Waals surface area (Å²) in [6, 6.07) is 9.82. The van der Waals surface area contributed by atoms with Crippen LogP contribution in [-0.4, -0.2) is 26.7 Å². The molecule has 3 aromatic rings. The fraction of sp³-hybridized carbons (Fsp3) is 0.318. The normalized spacial score (nSPS) is 10.9. The van der Waals surface area contributed by atoms with Gasteiger partial charge in [-0.15, -0.1) is 0 Å². The van der Waals surface area contributed by atoms with Crippen LogP contribution in [0.5, 0.6) is 11.5 Å². The number of rotatable bonds is 6. The predicted molar refractivity (Wildman–Crippen MR) is 106 cm³/mol. The molecule has 1 N–H and O–H groups in total. The van der Waals surface area contributed by atoms with E-state index in [1.165, 1.54) is 0 Å². The van der Waals surface area contributed by atoms with Crippen LogP contribution in [0.4, 0.5) is 0 Å². The van der Waals surface area contributed by atoms with Gasteiger partial charge in [-0.3, -0.25) is 4.79 Å². The van der Waals surface area contributed by atoms with Gasteiger partial charge in [0.2, 0.25) is 0 Å². The number of fused-ring (bicyclic) bond motifs is 1. The molecule has 0 unspecified atom stereocenters. The summed E-state index contributed by atoms with van der Waals surface area (Å²) >= 11 is 0. The summed E-state index contributed by atoms with van der Waals surface area (Å²) in [5.41, 5.74) is 4.94. The third kappa shape index (κ3) is 3.63. The van der Waals surface area contributed by atoms with Crippen molar-refractivity contribution in [1.82, 2.24) is 5.32 Å². The van der Waals surface area contributed by atoms with Crippen LogP contribution < -0.4 is 14.8 Å². The van der Waals surface area contributed by atoms with Crippen LogP contribution in [-0.2, 0) is 6.42 Å². The fourth-order valence-corrected chi connectivity index (χ4v) is 3.17. The second-order valence-electron chi connectivity index (χ2n) is 6.64. The van der Waals surface area contributed by atoms with E-state index < -0.39 is 0 Å². The zero-order valence-corrected chi connectivity index (χ0v) is 16.4. The lowest BCUT2D eigenvalue weighted by atomic mass is 10.0. The number of benzene rings is 2. The number of carbonyl (C=O) groups is 1. The van der Waals surface area contributed by atoms with Crippen molar-refractivity contribution in [2.24, 2.45) is 0 Å². The third-order valence-corrected chi connectivity index (χ3v) is 4.98. The number of aryl methyl sites for hydroxylation is 3. The van der Waals surface area contributed by atoms with Crippen molar-refractivity contribution < 1.29 is 18.7 Å². The van der Waals surface area contributed by atoms with Crippen molar-refractivity contribution in [3.05, 3.63) is 58.3 Å². The van der Waals surface area contributed by atoms with Gasteiger partial charge in [0.15, 0.2) is 17.3 Å². The van der Waals surface area contributed by atoms with E-state index in [4.69, 9.17) is 13.9 Å². The van der Waals surface area contributed by atoms with E-state index in [2.05, 4.69) is 11.4 Å². The maximum absolute atomic E-state index is 12.6. The van der Waals surface area contributed by atoms with Crippen LogP contribution >= 0.6 is 0 Å². The van der Waals surface area contributed by atoms with Crippen molar-refractivity contribution >= 4 is 16.9 Å². The lowest BCUT2D eigenvalue weighted by Gasteiger charge is -2.10. The van der Waals surface area contributed by atoms with Gasteiger partial charge in [-0.05, 0) is 56.0 Å². The minimum atomic E-state index is -0.193. The molecule has 0 bridgehead atoms. The van der Waals surface area contributed by atoms with Gasteiger partial charge in [-0.1, -0.05) is 18.2 Å². The van der Waals surface area contributed by atoms with Crippen LogP contribution in [0.3, 0.4) is 0 Å². The predicted octanol–water partition coefficient (Wildman–Crippen LogP) is 4.35. The van der Waals surface area contributed by atoms with Crippen molar-refractivity contribution in [2.45, 2.75) is 27.2 Å². The maximum Gasteiger partial charge on any atom is 0.287 e. The van der Waals surface area contributed by atoms with Gasteiger partial charge >= 0.3 is 0 Å². The van der Waals surface area contributed by atoms with Gasteiger partial charge in [-0.25, -0.2) is 0 Å². The van der Waals surface area contributed by atoms with Crippen LogP contribution in [0.1, 0.15) is 32.8 Å². The summed E-state index contributed by atoms with van der Waals surface area (Å²) in [7, 11) is 3.22. The fourth-order valence-electron chi connectivity index (χ4n) is 3.17. The highest BCUT2D eigenvalue weighted by molar-refractivity contribution is 5.99. The van der Waals surface area contributed by atoms with Crippen molar-refractivity contribution in [3.8, 4) is 11.5 Å². The Hall–Kier alpha value is -2.95. The molecule has 1 heterocycles. The van der Waals surface area contributed by atoms with E-state index in [0.717, 1.165) is 33.2 Å². The molecule has 0 atom stereocenters. The molecule has 5 heteroatoms. The maximum atomic E-state index is 12.6. The number of ether oxygens (including phenoxy) is 2. The molecule has 27 heavy (non-hydrogen) atoms. The molecule has 142 valence electrons. The molecule has 1 aromatic heterocycles. The molecule has 1 amide bonds. The molecule has 0 saturated heterocycles. The molecule has 0 spiro atoms. The Balaban J connectivity index is 1.71. The Morgan fingerprint density at radius 3 is 2.44 bits per heavy atom. The van der Waals surface area contributed by atoms with E-state index in [0.29, 0.717) is 30.2 Å². The topological polar surface area (TPSA) is 60.7 Å². The van der Waals surface area contributed by atoms with Crippen LogP contribution in [0.25, 0.3) is 11.0 Å². The zero-order chi connectivity index (χ0) is 19.6. The Labute approximate surface area is 159 Å². The summed E-state index contributed by atoms with van der Waals surface area (Å²) in [5, 5.41) is 3.93. The number of furan rings is 1. The second kappa shape index (κ2) is 7.74. The van der Waals surface area contributed by atoms with Gasteiger partial charge < -0.3 is 19.2 Å². The van der Waals surface area contributed by atoms with E-state index in [1.807, 2.05) is 45.0 Å². The van der Waals surface area contributed by atoms with Gasteiger partial charge in [0.05, 0.1) is 14.2 Å². The second-order valence-corrected chi connectivity index (χ2v) is 6.64. The molecule has 5 nitrogen and oxygen atoms in total. The first-order valence-corrected chi connectivity index (χ1v) is 8.94. The highest BCUT2D eigenvalue weighted by Gasteiger charge is 2.19. The first-order valence-electron chi connectivity index (χ1n) is 8.94. The number of hydrogen-bond donors (Lipinski definition) is 1. The lowest BCUT2D eigenvalue weighted by Crippen LogP contribution is -2.25. The monoisotopic (exact) mass is 367 g/mol. The van der Waals surface area contributed by atoms with Crippen molar-refractivity contribution in [3.63, 3.8) is 0 Å². The molecular weight excluding hydrogens is 342 g/mol. The molecule has 0 radical (unpaired) electrons. The van der Waals surface area contributed by atoms with Crippen molar-refractivity contribution in [2.75, 3.05) is 20.8 Å². The molecule has 0 aliphatic rings. The van der Waals surface area contributed by atoms with Crippen molar-refractivity contribution in [1.29, 1.82) is 0 Å². The summed E-state index contributed by atoms with van der Waals surface area (Å²) in [6.45, 7) is 6.47. The van der Waals surface area contributed by atoms with Crippen LogP contribution in [0.15, 0.2) is 34.7 Å². The van der Waals surface area contributed by atoms with Crippen LogP contribution in [0, 0.1) is 20.8 Å². The highest BCUT2D eigenvalue weighted by atomic mass is 16.5. The molecule has 2 aromatic carbocycles. The minimum absolute atomic E-state index is 0.193. The van der Waals surface area contributed by atoms with Crippen LogP contribution in [0.2, 0.25) is 0 Å². The smallest absolute Gasteiger partial charge is 0.287 e. The molecule has 0 aliphatic heterocycles. The van der Waals surface area contributed by atoms with E-state index in [1.54, 1.807) is 14.2 Å². The number of carbonyl (C=O) groups excluding carboxylic acids is 1. The minimum Gasteiger partial charge on any atom is -0.493 e. The Morgan fingerprint density at radius 1 is 1.00 bits per heavy atom. The van der Waals surface area contributed by atoms with Gasteiger partial charge in [0.25, 0.3) is 5.91 Å². The lowest BCUT2D eigenvalue weighted by molar-refractivity contribution is 0.0927. The molecule has 0 fully saturated rings. The standard InChI is InChI=1S/C22H25NO4/c1-13-6-8-17-15(3)21(27-20(17)14(13)2)22(24)23-11-10-16-7-9-18(25-4)19(12-16)26-5/h6-9,12H,10-11H2,1-5H3,(H,23,24). The van der Waals surface area contributed by atoms with Gasteiger partial charge in [-0.2, -0.15) is 0 Å². The van der Waals surface area contributed by atoms with E-state index >= 15 is 0 Å². The summed E-state index contributed by atoms with van der Waals surface area (Å²) in [4.78, 5) is 12.6. The number of nitrogens with one attached hydrogen (secondary N) is 1. The third-order valence-electron chi connectivity index (χ3n) is 4.98. The summed E-state index contributed by atoms with van der Waals surface area (Å²) < 4.78 is 16.5. The first kappa shape index (κ1) is 18.8. The van der Waals surface area contributed by atoms with E-state index in [-0.39, 0.29) is 5.91 Å². The van der Waals surface area contributed by atoms with Gasteiger partial charge in [0.1, 0.15) is 5.58 Å². The molecule has 0 aliphatic carbocycles. The largest absolute Gasteiger partial charge is 0.493 e. The zero-order valence-electron chi connectivity index (χ0n) is 16.4. The average Bonchev–Trinajstić information content (AvgIpc) is 3.01. The van der Waals surface area contributed by atoms with Gasteiger partial charge in [0, 0.05) is 17.5 Å². The molecular formula is C22H25NO4. The number of hydrogen-bond acceptors (Lipinski definition) is 4. The Morgan fingerprint density at radius 2 is 1.74 bits per heavy atom. The Kier molecular flexibility index (Phi) is 5.40. The quantitative estimate of drug-likeness (QED) is 0.704. The molecule has 0 saturated carbocycles. The number of methoxy groups -OCH3 is 2. The average molecular weight is 367 g/mol.